The van der Waals surface area contributed by atoms with Crippen molar-refractivity contribution in [2.75, 3.05) is 10.6 Å². The van der Waals surface area contributed by atoms with Crippen molar-refractivity contribution < 1.29 is 9.59 Å². The van der Waals surface area contributed by atoms with Gasteiger partial charge in [-0.1, -0.05) is 12.1 Å². The average Bonchev–Trinajstić information content (AvgIpc) is 2.83. The summed E-state index contributed by atoms with van der Waals surface area (Å²) in [5.74, 6) is -0.150. The summed E-state index contributed by atoms with van der Waals surface area (Å²) in [4.78, 5) is 22.7. The third-order valence-corrected chi connectivity index (χ3v) is 2.96. The number of amides is 2. The molecule has 0 radical (unpaired) electrons. The molecule has 0 aliphatic heterocycles. The van der Waals surface area contributed by atoms with E-state index in [-0.39, 0.29) is 5.91 Å². The lowest BCUT2D eigenvalue weighted by molar-refractivity contribution is -0.105. The maximum atomic E-state index is 11.8. The Morgan fingerprint density at radius 3 is 2.71 bits per heavy atom. The van der Waals surface area contributed by atoms with Crippen molar-refractivity contribution in [1.82, 2.24) is 0 Å². The van der Waals surface area contributed by atoms with Gasteiger partial charge in [0.25, 0.3) is 5.91 Å². The molecule has 17 heavy (non-hydrogen) atoms. The molecule has 0 saturated heterocycles. The largest absolute Gasteiger partial charge is 0.329 e. The molecule has 1 heterocycles. The van der Waals surface area contributed by atoms with Crippen LogP contribution in [-0.4, -0.2) is 12.3 Å². The fraction of sp³-hybridized carbons (Fsp3) is 0. The van der Waals surface area contributed by atoms with Crippen molar-refractivity contribution in [3.05, 3.63) is 46.7 Å². The summed E-state index contributed by atoms with van der Waals surface area (Å²) in [6.45, 7) is 0. The second-order valence-electron chi connectivity index (χ2n) is 3.27. The Kier molecular flexibility index (Phi) is 3.52. The van der Waals surface area contributed by atoms with Gasteiger partial charge in [-0.05, 0) is 29.6 Å². The highest BCUT2D eigenvalue weighted by Crippen LogP contribution is 2.16. The van der Waals surface area contributed by atoms with Gasteiger partial charge in [0.1, 0.15) is 0 Å². The van der Waals surface area contributed by atoms with Gasteiger partial charge >= 0.3 is 0 Å². The normalized spacial score (nSPS) is 9.65. The van der Waals surface area contributed by atoms with Crippen LogP contribution in [0, 0.1) is 0 Å². The Labute approximate surface area is 102 Å². The first-order valence-electron chi connectivity index (χ1n) is 4.95. The maximum absolute atomic E-state index is 11.8. The zero-order valence-corrected chi connectivity index (χ0v) is 9.66. The smallest absolute Gasteiger partial charge is 0.265 e. The van der Waals surface area contributed by atoms with E-state index >= 15 is 0 Å². The number of rotatable bonds is 4. The highest BCUT2D eigenvalue weighted by molar-refractivity contribution is 7.12. The standard InChI is InChI=1S/C12H10N2O2S/c15-8-13-9-3-1-4-10(7-9)14-12(16)11-5-2-6-17-11/h1-8H,(H,13,15)(H,14,16). The summed E-state index contributed by atoms with van der Waals surface area (Å²) in [6.07, 6.45) is 0.597. The first-order valence-corrected chi connectivity index (χ1v) is 5.82. The van der Waals surface area contributed by atoms with Crippen LogP contribution in [0.15, 0.2) is 41.8 Å². The van der Waals surface area contributed by atoms with E-state index in [0.29, 0.717) is 22.7 Å². The fourth-order valence-electron chi connectivity index (χ4n) is 1.36. The first kappa shape index (κ1) is 11.3. The highest BCUT2D eigenvalue weighted by Gasteiger charge is 2.06. The molecule has 0 bridgehead atoms. The van der Waals surface area contributed by atoms with Gasteiger partial charge in [0, 0.05) is 11.4 Å². The van der Waals surface area contributed by atoms with Crippen molar-refractivity contribution in [2.45, 2.75) is 0 Å². The zero-order chi connectivity index (χ0) is 12.1. The van der Waals surface area contributed by atoms with E-state index in [9.17, 15) is 9.59 Å². The van der Waals surface area contributed by atoms with Crippen LogP contribution in [0.25, 0.3) is 0 Å². The molecule has 0 aliphatic rings. The van der Waals surface area contributed by atoms with E-state index in [2.05, 4.69) is 10.6 Å². The van der Waals surface area contributed by atoms with Gasteiger partial charge in [-0.2, -0.15) is 0 Å². The molecule has 2 aromatic rings. The minimum absolute atomic E-state index is 0.150. The van der Waals surface area contributed by atoms with Crippen molar-refractivity contribution >= 4 is 35.0 Å². The number of carbonyl (C=O) groups is 2. The van der Waals surface area contributed by atoms with Crippen molar-refractivity contribution in [3.63, 3.8) is 0 Å². The third-order valence-electron chi connectivity index (χ3n) is 2.09. The Hall–Kier alpha value is -2.14. The van der Waals surface area contributed by atoms with Gasteiger partial charge < -0.3 is 10.6 Å². The lowest BCUT2D eigenvalue weighted by Crippen LogP contribution is -2.10. The molecule has 0 unspecified atom stereocenters. The monoisotopic (exact) mass is 246 g/mol. The predicted octanol–water partition coefficient (Wildman–Crippen LogP) is 2.57. The van der Waals surface area contributed by atoms with Gasteiger partial charge in [0.2, 0.25) is 6.41 Å². The quantitative estimate of drug-likeness (QED) is 0.814. The van der Waals surface area contributed by atoms with Gasteiger partial charge in [-0.15, -0.1) is 11.3 Å². The summed E-state index contributed by atoms with van der Waals surface area (Å²) >= 11 is 1.38. The van der Waals surface area contributed by atoms with Crippen LogP contribution < -0.4 is 10.6 Å². The van der Waals surface area contributed by atoms with Gasteiger partial charge in [-0.25, -0.2) is 0 Å². The second kappa shape index (κ2) is 5.27. The summed E-state index contributed by atoms with van der Waals surface area (Å²) in [6, 6.07) is 10.5. The summed E-state index contributed by atoms with van der Waals surface area (Å²) in [5.41, 5.74) is 1.29. The predicted molar refractivity (Wildman–Crippen MR) is 68.4 cm³/mol. The van der Waals surface area contributed by atoms with E-state index in [4.69, 9.17) is 0 Å². The van der Waals surface area contributed by atoms with Crippen LogP contribution in [0.4, 0.5) is 11.4 Å². The molecule has 2 amide bonds. The van der Waals surface area contributed by atoms with Gasteiger partial charge in [0.05, 0.1) is 4.88 Å². The van der Waals surface area contributed by atoms with E-state index in [1.807, 2.05) is 11.4 Å². The Balaban J connectivity index is 2.10. The van der Waals surface area contributed by atoms with Crippen LogP contribution in [-0.2, 0) is 4.79 Å². The van der Waals surface area contributed by atoms with E-state index in [1.165, 1.54) is 11.3 Å². The number of hydrogen-bond donors (Lipinski definition) is 2. The van der Waals surface area contributed by atoms with Crippen LogP contribution in [0.1, 0.15) is 9.67 Å². The summed E-state index contributed by atoms with van der Waals surface area (Å²) < 4.78 is 0. The van der Waals surface area contributed by atoms with Crippen molar-refractivity contribution in [1.29, 1.82) is 0 Å². The maximum Gasteiger partial charge on any atom is 0.265 e. The lowest BCUT2D eigenvalue weighted by Gasteiger charge is -2.05. The molecule has 1 aromatic heterocycles. The molecule has 1 aromatic carbocycles. The third kappa shape index (κ3) is 2.92. The number of nitrogens with one attached hydrogen (secondary N) is 2. The summed E-state index contributed by atoms with van der Waals surface area (Å²) in [5, 5.41) is 7.13. The van der Waals surface area contributed by atoms with Crippen molar-refractivity contribution in [3.8, 4) is 0 Å². The molecule has 0 atom stereocenters. The van der Waals surface area contributed by atoms with E-state index < -0.39 is 0 Å². The Morgan fingerprint density at radius 1 is 1.18 bits per heavy atom. The number of carbonyl (C=O) groups excluding carboxylic acids is 2. The van der Waals surface area contributed by atoms with Crippen LogP contribution in [0.5, 0.6) is 0 Å². The van der Waals surface area contributed by atoms with Crippen molar-refractivity contribution in [2.24, 2.45) is 0 Å². The fourth-order valence-corrected chi connectivity index (χ4v) is 1.97. The molecule has 86 valence electrons. The lowest BCUT2D eigenvalue weighted by atomic mass is 10.2. The topological polar surface area (TPSA) is 58.2 Å². The molecular formula is C12H10N2O2S. The molecule has 0 saturated carbocycles. The molecule has 2 N–H and O–H groups in total. The van der Waals surface area contributed by atoms with Gasteiger partial charge in [-0.3, -0.25) is 9.59 Å². The molecule has 0 aliphatic carbocycles. The molecule has 0 spiro atoms. The minimum atomic E-state index is -0.150. The number of benzene rings is 1. The molecule has 5 heteroatoms. The average molecular weight is 246 g/mol. The van der Waals surface area contributed by atoms with Crippen LogP contribution >= 0.6 is 11.3 Å². The minimum Gasteiger partial charge on any atom is -0.329 e. The van der Waals surface area contributed by atoms with E-state index in [0.717, 1.165) is 0 Å². The van der Waals surface area contributed by atoms with E-state index in [1.54, 1.807) is 30.3 Å². The first-order chi connectivity index (χ1) is 8.29. The molecule has 2 rings (SSSR count). The Morgan fingerprint density at radius 2 is 2.00 bits per heavy atom. The number of anilines is 2. The van der Waals surface area contributed by atoms with Crippen LogP contribution in [0.3, 0.4) is 0 Å². The summed E-state index contributed by atoms with van der Waals surface area (Å²) in [7, 11) is 0. The highest BCUT2D eigenvalue weighted by atomic mass is 32.1. The number of hydrogen-bond acceptors (Lipinski definition) is 3. The molecule has 4 nitrogen and oxygen atoms in total. The molecular weight excluding hydrogens is 236 g/mol. The Bertz CT molecular complexity index is 523. The van der Waals surface area contributed by atoms with Gasteiger partial charge in [0.15, 0.2) is 0 Å². The zero-order valence-electron chi connectivity index (χ0n) is 8.84. The second-order valence-corrected chi connectivity index (χ2v) is 4.22. The SMILES string of the molecule is O=CNc1cccc(NC(=O)c2cccs2)c1. The molecule has 0 fully saturated rings. The number of thiophene rings is 1. The van der Waals surface area contributed by atoms with Crippen LogP contribution in [0.2, 0.25) is 0 Å².